The number of hydrogen-bond acceptors (Lipinski definition) is 3. The van der Waals surface area contributed by atoms with E-state index in [4.69, 9.17) is 0 Å². The van der Waals surface area contributed by atoms with Gasteiger partial charge in [0, 0.05) is 15.5 Å². The summed E-state index contributed by atoms with van der Waals surface area (Å²) >= 11 is 5.26. The number of esters is 1. The Hall–Kier alpha value is -0.480. The van der Waals surface area contributed by atoms with Crippen LogP contribution in [0.3, 0.4) is 0 Å². The summed E-state index contributed by atoms with van der Waals surface area (Å²) in [7, 11) is 1.42. The summed E-state index contributed by atoms with van der Waals surface area (Å²) in [6.07, 6.45) is 0.464. The van der Waals surface area contributed by atoms with E-state index in [1.807, 2.05) is 25.1 Å². The van der Waals surface area contributed by atoms with Gasteiger partial charge in [0.2, 0.25) is 0 Å². The maximum absolute atomic E-state index is 11.1. The van der Waals surface area contributed by atoms with Crippen molar-refractivity contribution in [1.82, 2.24) is 0 Å². The molecule has 0 amide bonds. The molecule has 0 aromatic heterocycles. The Morgan fingerprint density at radius 1 is 1.50 bits per heavy atom. The highest BCUT2D eigenvalue weighted by atomic mass is 79.9. The Morgan fingerprint density at radius 2 is 2.19 bits per heavy atom. The van der Waals surface area contributed by atoms with E-state index in [2.05, 4.69) is 26.7 Å². The van der Waals surface area contributed by atoms with Crippen LogP contribution in [-0.4, -0.2) is 18.3 Å². The number of ether oxygens (including phenoxy) is 1. The average Bonchev–Trinajstić information content (AvgIpc) is 2.28. The molecule has 1 unspecified atom stereocenters. The minimum atomic E-state index is -0.146. The Kier molecular flexibility index (Phi) is 5.91. The molecule has 0 heterocycles. The largest absolute Gasteiger partial charge is 0.469 e. The molecule has 1 rings (SSSR count). The number of carbonyl (C=O) groups excluding carboxylic acids is 1. The van der Waals surface area contributed by atoms with Gasteiger partial charge < -0.3 is 4.74 Å². The van der Waals surface area contributed by atoms with E-state index in [0.717, 1.165) is 10.2 Å². The Bertz CT molecular complexity index is 355. The quantitative estimate of drug-likeness (QED) is 0.777. The number of carbonyl (C=O) groups is 1. The van der Waals surface area contributed by atoms with E-state index in [1.165, 1.54) is 12.7 Å². The zero-order chi connectivity index (χ0) is 12.0. The van der Waals surface area contributed by atoms with Crippen molar-refractivity contribution in [3.63, 3.8) is 0 Å². The van der Waals surface area contributed by atoms with Gasteiger partial charge in [-0.05, 0) is 11.6 Å². The normalized spacial score (nSPS) is 12.2. The number of methoxy groups -OCH3 is 1. The van der Waals surface area contributed by atoms with Gasteiger partial charge in [-0.3, -0.25) is 4.79 Å². The van der Waals surface area contributed by atoms with Crippen molar-refractivity contribution in [2.45, 2.75) is 24.3 Å². The van der Waals surface area contributed by atoms with Gasteiger partial charge >= 0.3 is 5.97 Å². The van der Waals surface area contributed by atoms with E-state index in [1.54, 1.807) is 11.8 Å². The molecule has 0 aliphatic carbocycles. The molecule has 4 heteroatoms. The molecule has 1 aromatic rings. The van der Waals surface area contributed by atoms with Crippen molar-refractivity contribution in [3.05, 3.63) is 34.3 Å². The van der Waals surface area contributed by atoms with Crippen molar-refractivity contribution < 1.29 is 9.53 Å². The Labute approximate surface area is 109 Å². The third-order valence-electron chi connectivity index (χ3n) is 2.16. The molecule has 1 aromatic carbocycles. The van der Waals surface area contributed by atoms with Gasteiger partial charge in [-0.25, -0.2) is 0 Å². The fourth-order valence-corrected chi connectivity index (χ4v) is 2.80. The molecule has 88 valence electrons. The molecule has 0 bridgehead atoms. The third-order valence-corrected chi connectivity index (χ3v) is 4.15. The van der Waals surface area contributed by atoms with Gasteiger partial charge in [0.15, 0.2) is 0 Å². The van der Waals surface area contributed by atoms with Gasteiger partial charge in [0.25, 0.3) is 0 Å². The van der Waals surface area contributed by atoms with Gasteiger partial charge in [0.05, 0.1) is 13.5 Å². The van der Waals surface area contributed by atoms with Crippen molar-refractivity contribution in [3.8, 4) is 0 Å². The first kappa shape index (κ1) is 13.6. The molecule has 0 saturated carbocycles. The molecule has 16 heavy (non-hydrogen) atoms. The zero-order valence-electron chi connectivity index (χ0n) is 9.40. The van der Waals surface area contributed by atoms with Crippen LogP contribution in [0.5, 0.6) is 0 Å². The number of hydrogen-bond donors (Lipinski definition) is 0. The third kappa shape index (κ3) is 4.58. The monoisotopic (exact) mass is 302 g/mol. The van der Waals surface area contributed by atoms with Crippen molar-refractivity contribution in [2.75, 3.05) is 7.11 Å². The van der Waals surface area contributed by atoms with Crippen LogP contribution >= 0.6 is 27.7 Å². The minimum absolute atomic E-state index is 0.146. The van der Waals surface area contributed by atoms with Crippen LogP contribution in [0.1, 0.15) is 18.9 Å². The van der Waals surface area contributed by atoms with E-state index in [-0.39, 0.29) is 11.2 Å². The first-order valence-electron chi connectivity index (χ1n) is 5.05. The summed E-state index contributed by atoms with van der Waals surface area (Å²) in [6.45, 7) is 2.04. The fourth-order valence-electron chi connectivity index (χ4n) is 1.22. The number of halogens is 1. The van der Waals surface area contributed by atoms with Crippen LogP contribution < -0.4 is 0 Å². The second-order valence-corrected chi connectivity index (χ2v) is 5.77. The van der Waals surface area contributed by atoms with E-state index in [0.29, 0.717) is 6.42 Å². The molecular weight excluding hydrogens is 288 g/mol. The molecule has 0 saturated heterocycles. The lowest BCUT2D eigenvalue weighted by atomic mass is 10.2. The van der Waals surface area contributed by atoms with Crippen molar-refractivity contribution >= 4 is 33.7 Å². The molecule has 0 N–H and O–H groups in total. The second kappa shape index (κ2) is 6.97. The maximum Gasteiger partial charge on any atom is 0.306 e. The standard InChI is InChI=1S/C12H15BrO2S/c1-9(7-12(14)15-2)16-8-10-5-3-4-6-11(10)13/h3-6,9H,7-8H2,1-2H3. The maximum atomic E-state index is 11.1. The zero-order valence-corrected chi connectivity index (χ0v) is 11.8. The van der Waals surface area contributed by atoms with Gasteiger partial charge in [-0.15, -0.1) is 0 Å². The lowest BCUT2D eigenvalue weighted by molar-refractivity contribution is -0.140. The van der Waals surface area contributed by atoms with Crippen molar-refractivity contribution in [1.29, 1.82) is 0 Å². The summed E-state index contributed by atoms with van der Waals surface area (Å²) in [5, 5.41) is 0.277. The van der Waals surface area contributed by atoms with Crippen LogP contribution in [0, 0.1) is 0 Å². The first-order chi connectivity index (χ1) is 7.63. The summed E-state index contributed by atoms with van der Waals surface area (Å²) in [4.78, 5) is 11.1. The van der Waals surface area contributed by atoms with Crippen LogP contribution in [0.4, 0.5) is 0 Å². The predicted molar refractivity (Wildman–Crippen MR) is 71.5 cm³/mol. The predicted octanol–water partition coefficient (Wildman–Crippen LogP) is 3.63. The SMILES string of the molecule is COC(=O)CC(C)SCc1ccccc1Br. The lowest BCUT2D eigenvalue weighted by Crippen LogP contribution is -2.08. The molecule has 1 atom stereocenters. The highest BCUT2D eigenvalue weighted by Gasteiger charge is 2.10. The summed E-state index contributed by atoms with van der Waals surface area (Å²) in [5.41, 5.74) is 1.25. The van der Waals surface area contributed by atoms with Crippen LogP contribution in [0.2, 0.25) is 0 Å². The molecule has 0 aliphatic heterocycles. The lowest BCUT2D eigenvalue weighted by Gasteiger charge is -2.10. The smallest absolute Gasteiger partial charge is 0.306 e. The highest BCUT2D eigenvalue weighted by molar-refractivity contribution is 9.10. The molecule has 0 radical (unpaired) electrons. The van der Waals surface area contributed by atoms with Gasteiger partial charge in [0.1, 0.15) is 0 Å². The average molecular weight is 303 g/mol. The van der Waals surface area contributed by atoms with Crippen LogP contribution in [0.25, 0.3) is 0 Å². The highest BCUT2D eigenvalue weighted by Crippen LogP contribution is 2.25. The number of benzene rings is 1. The fraction of sp³-hybridized carbons (Fsp3) is 0.417. The minimum Gasteiger partial charge on any atom is -0.469 e. The Balaban J connectivity index is 2.40. The van der Waals surface area contributed by atoms with Crippen LogP contribution in [0.15, 0.2) is 28.7 Å². The molecular formula is C12H15BrO2S. The van der Waals surface area contributed by atoms with Crippen molar-refractivity contribution in [2.24, 2.45) is 0 Å². The molecule has 0 spiro atoms. The van der Waals surface area contributed by atoms with E-state index >= 15 is 0 Å². The summed E-state index contributed by atoms with van der Waals surface area (Å²) < 4.78 is 5.75. The van der Waals surface area contributed by atoms with Gasteiger partial charge in [-0.2, -0.15) is 11.8 Å². The van der Waals surface area contributed by atoms with E-state index < -0.39 is 0 Å². The topological polar surface area (TPSA) is 26.3 Å². The van der Waals surface area contributed by atoms with E-state index in [9.17, 15) is 4.79 Å². The number of rotatable bonds is 5. The molecule has 2 nitrogen and oxygen atoms in total. The van der Waals surface area contributed by atoms with Gasteiger partial charge in [-0.1, -0.05) is 41.1 Å². The first-order valence-corrected chi connectivity index (χ1v) is 6.89. The second-order valence-electron chi connectivity index (χ2n) is 3.49. The molecule has 0 fully saturated rings. The van der Waals surface area contributed by atoms with Crippen LogP contribution in [-0.2, 0) is 15.3 Å². The summed E-state index contributed by atoms with van der Waals surface area (Å²) in [5.74, 6) is 0.756. The molecule has 0 aliphatic rings. The number of thioether (sulfide) groups is 1. The summed E-state index contributed by atoms with van der Waals surface area (Å²) in [6, 6.07) is 8.13. The Morgan fingerprint density at radius 3 is 2.81 bits per heavy atom.